The lowest BCUT2D eigenvalue weighted by Crippen LogP contribution is -2.35. The van der Waals surface area contributed by atoms with Gasteiger partial charge in [-0.2, -0.15) is 0 Å². The number of phenolic OH excluding ortho intramolecular Hbond substituents is 1. The minimum atomic E-state index is -1.39. The van der Waals surface area contributed by atoms with Crippen LogP contribution >= 0.6 is 0 Å². The van der Waals surface area contributed by atoms with E-state index in [2.05, 4.69) is 0 Å². The minimum Gasteiger partial charge on any atom is -0.507 e. The maximum Gasteiger partial charge on any atom is 0.342 e. The number of aliphatic hydroxyl groups excluding tert-OH is 3. The SMILES string of the molecule is COc1cc(O)c2c(c1OC)/C=C/C[C@H](O)[C@H](O)C(O)/C=C\C[C@H](C)OC2=O. The second-order valence-corrected chi connectivity index (χ2v) is 6.49. The number of carbonyl (C=O) groups excluding carboxylic acids is 1. The van der Waals surface area contributed by atoms with Gasteiger partial charge < -0.3 is 34.6 Å². The van der Waals surface area contributed by atoms with Crippen LogP contribution in [-0.4, -0.2) is 65.0 Å². The number of rotatable bonds is 2. The molecule has 2 rings (SSSR count). The van der Waals surface area contributed by atoms with Crippen LogP contribution in [0.5, 0.6) is 17.2 Å². The molecule has 154 valence electrons. The highest BCUT2D eigenvalue weighted by Gasteiger charge is 2.26. The van der Waals surface area contributed by atoms with Crippen molar-refractivity contribution in [2.75, 3.05) is 14.2 Å². The van der Waals surface area contributed by atoms with Crippen molar-refractivity contribution in [3.63, 3.8) is 0 Å². The van der Waals surface area contributed by atoms with Crippen molar-refractivity contribution in [2.24, 2.45) is 0 Å². The lowest BCUT2D eigenvalue weighted by molar-refractivity contribution is -0.0394. The summed E-state index contributed by atoms with van der Waals surface area (Å²) < 4.78 is 15.9. The van der Waals surface area contributed by atoms with Crippen LogP contribution in [0, 0.1) is 0 Å². The van der Waals surface area contributed by atoms with Gasteiger partial charge in [0.25, 0.3) is 0 Å². The molecular weight excluding hydrogens is 368 g/mol. The zero-order valence-corrected chi connectivity index (χ0v) is 16.0. The number of hydrogen-bond acceptors (Lipinski definition) is 8. The predicted octanol–water partition coefficient (Wildman–Crippen LogP) is 1.40. The molecule has 1 unspecified atom stereocenters. The molecule has 28 heavy (non-hydrogen) atoms. The molecule has 1 aliphatic rings. The van der Waals surface area contributed by atoms with E-state index in [0.29, 0.717) is 0 Å². The quantitative estimate of drug-likeness (QED) is 0.438. The number of esters is 1. The molecule has 4 atom stereocenters. The summed E-state index contributed by atoms with van der Waals surface area (Å²) in [6.45, 7) is 1.65. The third kappa shape index (κ3) is 4.83. The number of aromatic hydroxyl groups is 1. The van der Waals surface area contributed by atoms with Crippen LogP contribution in [0.15, 0.2) is 24.3 Å². The van der Waals surface area contributed by atoms with E-state index < -0.39 is 30.4 Å². The Bertz CT molecular complexity index is 755. The van der Waals surface area contributed by atoms with E-state index in [0.717, 1.165) is 0 Å². The van der Waals surface area contributed by atoms with Crippen LogP contribution in [-0.2, 0) is 4.74 Å². The fraction of sp³-hybridized carbons (Fsp3) is 0.450. The molecule has 1 aliphatic heterocycles. The molecule has 1 aromatic carbocycles. The first-order chi connectivity index (χ1) is 13.3. The standard InChI is InChI=1S/C20H26O8/c1-11-6-4-8-13(21)18(24)14(22)9-5-7-12-17(20(25)28-11)15(23)10-16(26-2)19(12)27-3/h4-5,7-8,10-11,13-14,18,21-24H,6,9H2,1-3H3/b7-5+,8-4-/t11-,13?,14-,18+/m0/s1. The second-order valence-electron chi connectivity index (χ2n) is 6.49. The predicted molar refractivity (Wildman–Crippen MR) is 102 cm³/mol. The van der Waals surface area contributed by atoms with Crippen LogP contribution in [0.4, 0.5) is 0 Å². The van der Waals surface area contributed by atoms with Crippen LogP contribution in [0.3, 0.4) is 0 Å². The molecule has 0 aromatic heterocycles. The molecule has 0 spiro atoms. The van der Waals surface area contributed by atoms with Crippen LogP contribution < -0.4 is 9.47 Å². The van der Waals surface area contributed by atoms with Gasteiger partial charge >= 0.3 is 5.97 Å². The van der Waals surface area contributed by atoms with Gasteiger partial charge in [0, 0.05) is 18.1 Å². The Morgan fingerprint density at radius 3 is 2.46 bits per heavy atom. The van der Waals surface area contributed by atoms with E-state index in [9.17, 15) is 25.2 Å². The minimum absolute atomic E-state index is 0.0158. The van der Waals surface area contributed by atoms with Gasteiger partial charge in [0.15, 0.2) is 11.5 Å². The van der Waals surface area contributed by atoms with Crippen LogP contribution in [0.1, 0.15) is 35.7 Å². The topological polar surface area (TPSA) is 126 Å². The lowest BCUT2D eigenvalue weighted by atomic mass is 10.00. The van der Waals surface area contributed by atoms with E-state index in [-0.39, 0.29) is 41.2 Å². The maximum absolute atomic E-state index is 12.7. The maximum atomic E-state index is 12.7. The normalized spacial score (nSPS) is 28.4. The summed E-state index contributed by atoms with van der Waals surface area (Å²) in [5.74, 6) is -0.673. The zero-order chi connectivity index (χ0) is 20.8. The van der Waals surface area contributed by atoms with Gasteiger partial charge in [-0.05, 0) is 13.3 Å². The Morgan fingerprint density at radius 1 is 1.11 bits per heavy atom. The Balaban J connectivity index is 2.57. The molecule has 0 radical (unpaired) electrons. The Labute approximate surface area is 163 Å². The largest absolute Gasteiger partial charge is 0.507 e. The highest BCUT2D eigenvalue weighted by Crippen LogP contribution is 2.40. The molecule has 0 aliphatic carbocycles. The number of aliphatic hydroxyl groups is 3. The second kappa shape index (κ2) is 9.59. The van der Waals surface area contributed by atoms with E-state index in [1.165, 1.54) is 38.5 Å². The number of phenols is 1. The van der Waals surface area contributed by atoms with Gasteiger partial charge in [-0.15, -0.1) is 0 Å². The van der Waals surface area contributed by atoms with Gasteiger partial charge in [0.1, 0.15) is 29.6 Å². The van der Waals surface area contributed by atoms with Crippen molar-refractivity contribution < 1.29 is 39.4 Å². The number of hydrogen-bond donors (Lipinski definition) is 4. The first-order valence-corrected chi connectivity index (χ1v) is 8.86. The Hall–Kier alpha value is -2.55. The molecule has 8 nitrogen and oxygen atoms in total. The molecular formula is C20H26O8. The van der Waals surface area contributed by atoms with Gasteiger partial charge in [0.05, 0.1) is 20.3 Å². The smallest absolute Gasteiger partial charge is 0.342 e. The number of cyclic esters (lactones) is 1. The number of ether oxygens (including phenoxy) is 3. The first kappa shape index (κ1) is 21.7. The third-order valence-electron chi connectivity index (χ3n) is 4.41. The fourth-order valence-corrected chi connectivity index (χ4v) is 2.89. The first-order valence-electron chi connectivity index (χ1n) is 8.86. The summed E-state index contributed by atoms with van der Waals surface area (Å²) >= 11 is 0. The molecule has 1 heterocycles. The molecule has 4 N–H and O–H groups in total. The lowest BCUT2D eigenvalue weighted by Gasteiger charge is -2.21. The molecule has 0 bridgehead atoms. The fourth-order valence-electron chi connectivity index (χ4n) is 2.89. The molecule has 0 fully saturated rings. The van der Waals surface area contributed by atoms with Gasteiger partial charge in [0.2, 0.25) is 0 Å². The third-order valence-corrected chi connectivity index (χ3v) is 4.41. The summed E-state index contributed by atoms with van der Waals surface area (Å²) in [6, 6.07) is 1.26. The van der Waals surface area contributed by atoms with Gasteiger partial charge in [-0.3, -0.25) is 0 Å². The zero-order valence-electron chi connectivity index (χ0n) is 16.0. The number of benzene rings is 1. The van der Waals surface area contributed by atoms with Crippen molar-refractivity contribution in [2.45, 2.75) is 44.2 Å². The van der Waals surface area contributed by atoms with E-state index >= 15 is 0 Å². The summed E-state index contributed by atoms with van der Waals surface area (Å²) in [5, 5.41) is 40.4. The summed E-state index contributed by atoms with van der Waals surface area (Å²) in [7, 11) is 2.78. The van der Waals surface area contributed by atoms with Gasteiger partial charge in [-0.25, -0.2) is 4.79 Å². The van der Waals surface area contributed by atoms with Gasteiger partial charge in [-0.1, -0.05) is 24.3 Å². The molecule has 0 amide bonds. The Morgan fingerprint density at radius 2 is 1.82 bits per heavy atom. The highest BCUT2D eigenvalue weighted by molar-refractivity contribution is 5.98. The summed E-state index contributed by atoms with van der Waals surface area (Å²) in [4.78, 5) is 12.7. The van der Waals surface area contributed by atoms with Crippen molar-refractivity contribution in [1.29, 1.82) is 0 Å². The van der Waals surface area contributed by atoms with E-state index in [4.69, 9.17) is 14.2 Å². The average molecular weight is 394 g/mol. The Kier molecular flexibility index (Phi) is 7.45. The number of fused-ring (bicyclic) bond motifs is 1. The molecule has 0 saturated carbocycles. The molecule has 0 saturated heterocycles. The van der Waals surface area contributed by atoms with Crippen molar-refractivity contribution in [3.05, 3.63) is 35.4 Å². The average Bonchev–Trinajstić information content (AvgIpc) is 2.65. The van der Waals surface area contributed by atoms with E-state index in [1.807, 2.05) is 0 Å². The summed E-state index contributed by atoms with van der Waals surface area (Å²) in [6.07, 6.45) is 1.65. The monoisotopic (exact) mass is 394 g/mol. The van der Waals surface area contributed by atoms with Crippen LogP contribution in [0.25, 0.3) is 6.08 Å². The summed E-state index contributed by atoms with van der Waals surface area (Å²) in [5.41, 5.74) is 0.114. The number of carbonyl (C=O) groups is 1. The highest BCUT2D eigenvalue weighted by atomic mass is 16.5. The van der Waals surface area contributed by atoms with E-state index in [1.54, 1.807) is 13.0 Å². The number of methoxy groups -OCH3 is 2. The van der Waals surface area contributed by atoms with Crippen molar-refractivity contribution in [1.82, 2.24) is 0 Å². The van der Waals surface area contributed by atoms with Crippen molar-refractivity contribution in [3.8, 4) is 17.2 Å². The molecule has 8 heteroatoms. The molecule has 1 aromatic rings. The van der Waals surface area contributed by atoms with Crippen LogP contribution in [0.2, 0.25) is 0 Å². The van der Waals surface area contributed by atoms with Crippen molar-refractivity contribution >= 4 is 12.0 Å².